The Morgan fingerprint density at radius 1 is 1.57 bits per heavy atom. The van der Waals surface area contributed by atoms with Gasteiger partial charge in [0.1, 0.15) is 5.72 Å². The second-order valence-electron chi connectivity index (χ2n) is 1.91. The lowest BCUT2D eigenvalue weighted by Gasteiger charge is -2.16. The molecule has 7 heavy (non-hydrogen) atoms. The van der Waals surface area contributed by atoms with Crippen molar-refractivity contribution in [3.8, 4) is 0 Å². The highest BCUT2D eigenvalue weighted by Gasteiger charge is 2.06. The van der Waals surface area contributed by atoms with E-state index in [0.29, 0.717) is 0 Å². The molecule has 3 heteroatoms. The van der Waals surface area contributed by atoms with E-state index in [9.17, 15) is 0 Å². The zero-order valence-electron chi connectivity index (χ0n) is 4.77. The maximum Gasteiger partial charge on any atom is 0.112 e. The fourth-order valence-electron chi connectivity index (χ4n) is 0.215. The maximum atomic E-state index is 5.34. The Labute approximate surface area is 43.6 Å². The summed E-state index contributed by atoms with van der Waals surface area (Å²) in [6.45, 7) is 3.68. The van der Waals surface area contributed by atoms with Crippen molar-refractivity contribution in [2.75, 3.05) is 6.73 Å². The van der Waals surface area contributed by atoms with Crippen LogP contribution in [0, 0.1) is 0 Å². The number of ether oxygens (including phenoxy) is 1. The predicted octanol–water partition coefficient (Wildman–Crippen LogP) is -0.386. The first-order valence-corrected chi connectivity index (χ1v) is 2.19. The van der Waals surface area contributed by atoms with Gasteiger partial charge in [0.2, 0.25) is 0 Å². The molecule has 0 aliphatic rings. The highest BCUT2D eigenvalue weighted by molar-refractivity contribution is 4.53. The summed E-state index contributed by atoms with van der Waals surface area (Å²) < 4.78 is 4.78. The number of hydrogen-bond donors (Lipinski definition) is 2. The van der Waals surface area contributed by atoms with Crippen LogP contribution in [0.2, 0.25) is 0 Å². The lowest BCUT2D eigenvalue weighted by atomic mass is 10.3. The van der Waals surface area contributed by atoms with Gasteiger partial charge in [-0.3, -0.25) is 0 Å². The first kappa shape index (κ1) is 6.88. The van der Waals surface area contributed by atoms with E-state index in [2.05, 4.69) is 0 Å². The maximum absolute atomic E-state index is 5.34. The van der Waals surface area contributed by atoms with Crippen LogP contribution >= 0.6 is 0 Å². The molecule has 0 rings (SSSR count). The fourth-order valence-corrected chi connectivity index (χ4v) is 0.215. The highest BCUT2D eigenvalue weighted by Crippen LogP contribution is 1.94. The molecule has 0 aromatic carbocycles. The van der Waals surface area contributed by atoms with Crippen molar-refractivity contribution < 1.29 is 4.74 Å². The Morgan fingerprint density at radius 2 is 2.00 bits per heavy atom. The van der Waals surface area contributed by atoms with Gasteiger partial charge in [-0.05, 0) is 13.8 Å². The van der Waals surface area contributed by atoms with Crippen LogP contribution in [0.15, 0.2) is 0 Å². The molecule has 0 atom stereocenters. The van der Waals surface area contributed by atoms with E-state index in [4.69, 9.17) is 16.2 Å². The lowest BCUT2D eigenvalue weighted by molar-refractivity contribution is -0.00871. The summed E-state index contributed by atoms with van der Waals surface area (Å²) in [4.78, 5) is 0. The Morgan fingerprint density at radius 3 is 2.00 bits per heavy atom. The van der Waals surface area contributed by atoms with Gasteiger partial charge in [0.05, 0.1) is 6.73 Å². The minimum Gasteiger partial charge on any atom is -0.347 e. The molecule has 0 amide bonds. The van der Waals surface area contributed by atoms with Gasteiger partial charge in [0, 0.05) is 0 Å². The molecule has 0 radical (unpaired) electrons. The van der Waals surface area contributed by atoms with Crippen molar-refractivity contribution in [2.45, 2.75) is 19.6 Å². The second kappa shape index (κ2) is 2.26. The quantitative estimate of drug-likeness (QED) is 0.469. The van der Waals surface area contributed by atoms with Gasteiger partial charge in [-0.15, -0.1) is 0 Å². The average Bonchev–Trinajstić information content (AvgIpc) is 1.30. The molecular weight excluding hydrogens is 92.1 g/mol. The van der Waals surface area contributed by atoms with Crippen LogP contribution in [0.3, 0.4) is 0 Å². The summed E-state index contributed by atoms with van der Waals surface area (Å²) in [6, 6.07) is 0. The standard InChI is InChI=1S/C4H12N2O/c1-4(2,6)7-3-5/h3,5-6H2,1-2H3. The molecule has 0 saturated carbocycles. The monoisotopic (exact) mass is 104 g/mol. The van der Waals surface area contributed by atoms with E-state index in [-0.39, 0.29) is 6.73 Å². The van der Waals surface area contributed by atoms with Crippen molar-refractivity contribution in [1.29, 1.82) is 0 Å². The number of hydrogen-bond acceptors (Lipinski definition) is 3. The average molecular weight is 104 g/mol. The summed E-state index contributed by atoms with van der Waals surface area (Å²) in [5.41, 5.74) is 9.78. The SMILES string of the molecule is CC(C)(N)OCN. The Hall–Kier alpha value is -0.120. The van der Waals surface area contributed by atoms with Crippen LogP contribution in [0.4, 0.5) is 0 Å². The minimum atomic E-state index is -0.575. The summed E-state index contributed by atoms with van der Waals surface area (Å²) in [6.07, 6.45) is 0. The van der Waals surface area contributed by atoms with Crippen molar-refractivity contribution >= 4 is 0 Å². The molecule has 0 unspecified atom stereocenters. The molecule has 0 heterocycles. The highest BCUT2D eigenvalue weighted by atomic mass is 16.5. The van der Waals surface area contributed by atoms with Gasteiger partial charge in [-0.1, -0.05) is 0 Å². The Kier molecular flexibility index (Phi) is 2.22. The zero-order valence-corrected chi connectivity index (χ0v) is 4.77. The number of nitrogens with two attached hydrogens (primary N) is 2. The van der Waals surface area contributed by atoms with E-state index in [1.165, 1.54) is 0 Å². The van der Waals surface area contributed by atoms with E-state index < -0.39 is 5.72 Å². The normalized spacial score (nSPS) is 12.0. The van der Waals surface area contributed by atoms with Crippen LogP contribution in [-0.4, -0.2) is 12.5 Å². The molecule has 0 bridgehead atoms. The molecule has 0 fully saturated rings. The van der Waals surface area contributed by atoms with Crippen LogP contribution in [0.25, 0.3) is 0 Å². The molecule has 0 spiro atoms. The first-order chi connectivity index (χ1) is 3.06. The third-order valence-corrected chi connectivity index (χ3v) is 0.455. The van der Waals surface area contributed by atoms with Crippen molar-refractivity contribution in [2.24, 2.45) is 11.5 Å². The molecule has 44 valence electrons. The summed E-state index contributed by atoms with van der Waals surface area (Å²) in [5, 5.41) is 0. The van der Waals surface area contributed by atoms with Gasteiger partial charge in [-0.2, -0.15) is 0 Å². The Balaban J connectivity index is 3.15. The van der Waals surface area contributed by atoms with E-state index >= 15 is 0 Å². The minimum absolute atomic E-state index is 0.184. The smallest absolute Gasteiger partial charge is 0.112 e. The molecule has 3 nitrogen and oxygen atoms in total. The van der Waals surface area contributed by atoms with Crippen LogP contribution in [-0.2, 0) is 4.74 Å². The largest absolute Gasteiger partial charge is 0.347 e. The van der Waals surface area contributed by atoms with Gasteiger partial charge in [-0.25, -0.2) is 0 Å². The third kappa shape index (κ3) is 5.88. The fraction of sp³-hybridized carbons (Fsp3) is 1.00. The van der Waals surface area contributed by atoms with Crippen LogP contribution in [0.1, 0.15) is 13.8 Å². The molecule has 4 N–H and O–H groups in total. The third-order valence-electron chi connectivity index (χ3n) is 0.455. The molecule has 0 aliphatic heterocycles. The number of rotatable bonds is 2. The van der Waals surface area contributed by atoms with Gasteiger partial charge in [0.15, 0.2) is 0 Å². The van der Waals surface area contributed by atoms with Crippen LogP contribution < -0.4 is 11.5 Å². The van der Waals surface area contributed by atoms with Gasteiger partial charge >= 0.3 is 0 Å². The summed E-state index contributed by atoms with van der Waals surface area (Å²) in [7, 11) is 0. The Bertz CT molecular complexity index is 48.1. The molecule has 0 saturated heterocycles. The van der Waals surface area contributed by atoms with Crippen LogP contribution in [0.5, 0.6) is 0 Å². The molecular formula is C4H12N2O. The second-order valence-corrected chi connectivity index (χ2v) is 1.91. The van der Waals surface area contributed by atoms with Gasteiger partial charge < -0.3 is 16.2 Å². The molecule has 0 aliphatic carbocycles. The topological polar surface area (TPSA) is 61.3 Å². The van der Waals surface area contributed by atoms with Crippen molar-refractivity contribution in [3.63, 3.8) is 0 Å². The van der Waals surface area contributed by atoms with E-state index in [1.54, 1.807) is 13.8 Å². The summed E-state index contributed by atoms with van der Waals surface area (Å²) >= 11 is 0. The van der Waals surface area contributed by atoms with Crippen molar-refractivity contribution in [1.82, 2.24) is 0 Å². The van der Waals surface area contributed by atoms with E-state index in [0.717, 1.165) is 0 Å². The zero-order chi connectivity index (χ0) is 5.91. The van der Waals surface area contributed by atoms with E-state index in [1.807, 2.05) is 0 Å². The predicted molar refractivity (Wildman–Crippen MR) is 28.4 cm³/mol. The first-order valence-electron chi connectivity index (χ1n) is 2.19. The lowest BCUT2D eigenvalue weighted by Crippen LogP contribution is -2.37. The molecule has 0 aromatic heterocycles. The summed E-state index contributed by atoms with van der Waals surface area (Å²) in [5.74, 6) is 0. The van der Waals surface area contributed by atoms with Crippen molar-refractivity contribution in [3.05, 3.63) is 0 Å². The molecule has 0 aromatic rings. The van der Waals surface area contributed by atoms with Gasteiger partial charge in [0.25, 0.3) is 0 Å².